The number of rotatable bonds is 5. The van der Waals surface area contributed by atoms with Gasteiger partial charge < -0.3 is 15.1 Å². The van der Waals surface area contributed by atoms with Crippen LogP contribution in [0.3, 0.4) is 0 Å². The van der Waals surface area contributed by atoms with E-state index in [-0.39, 0.29) is 5.91 Å². The number of carbonyl (C=O) groups is 1. The summed E-state index contributed by atoms with van der Waals surface area (Å²) in [6, 6.07) is 17.5. The van der Waals surface area contributed by atoms with Crippen molar-refractivity contribution in [2.75, 3.05) is 36.4 Å². The number of hydrogen-bond acceptors (Lipinski definition) is 5. The maximum absolute atomic E-state index is 12.6. The minimum Gasteiger partial charge on any atom is -0.340 e. The van der Waals surface area contributed by atoms with Gasteiger partial charge in [-0.25, -0.2) is 4.98 Å². The third kappa shape index (κ3) is 5.65. The predicted octanol–water partition coefficient (Wildman–Crippen LogP) is 4.85. The Bertz CT molecular complexity index is 1100. The van der Waals surface area contributed by atoms with Gasteiger partial charge in [-0.2, -0.15) is 4.98 Å². The van der Waals surface area contributed by atoms with Gasteiger partial charge in [0.15, 0.2) is 0 Å². The van der Waals surface area contributed by atoms with Crippen molar-refractivity contribution in [3.05, 3.63) is 82.5 Å². The average Bonchev–Trinajstić information content (AvgIpc) is 2.80. The number of hydrogen-bond donors (Lipinski definition) is 1. The van der Waals surface area contributed by atoms with E-state index in [0.29, 0.717) is 37.1 Å². The van der Waals surface area contributed by atoms with Gasteiger partial charge in [0.2, 0.25) is 11.9 Å². The lowest BCUT2D eigenvalue weighted by Gasteiger charge is -2.34. The fraction of sp³-hybridized carbons (Fsp3) is 0.240. The number of piperazine rings is 1. The third-order valence-electron chi connectivity index (χ3n) is 5.33. The van der Waals surface area contributed by atoms with E-state index < -0.39 is 0 Å². The van der Waals surface area contributed by atoms with Gasteiger partial charge in [0, 0.05) is 54.7 Å². The van der Waals surface area contributed by atoms with Crippen LogP contribution in [-0.4, -0.2) is 47.0 Å². The number of anilines is 3. The van der Waals surface area contributed by atoms with Crippen molar-refractivity contribution >= 4 is 41.0 Å². The number of aryl methyl sites for hydroxylation is 2. The fourth-order valence-corrected chi connectivity index (χ4v) is 3.64. The van der Waals surface area contributed by atoms with Gasteiger partial charge >= 0.3 is 0 Å². The van der Waals surface area contributed by atoms with E-state index in [2.05, 4.69) is 34.3 Å². The summed E-state index contributed by atoms with van der Waals surface area (Å²) in [5.41, 5.74) is 4.05. The topological polar surface area (TPSA) is 61.4 Å². The molecule has 32 heavy (non-hydrogen) atoms. The van der Waals surface area contributed by atoms with Gasteiger partial charge in [0.05, 0.1) is 0 Å². The standard InChI is InChI=1S/C25H26ClN5O/c1-18-3-10-22(11-4-18)28-23-17-19(2)27-25(29-23)31-15-13-30(14-16-31)24(32)12-7-20-5-8-21(26)9-6-20/h3-12,17H,13-16H2,1-2H3,(H,27,28,29)/b12-7+. The Morgan fingerprint density at radius 3 is 2.34 bits per heavy atom. The Kier molecular flexibility index (Phi) is 6.71. The highest BCUT2D eigenvalue weighted by Gasteiger charge is 2.22. The molecule has 164 valence electrons. The first-order valence-electron chi connectivity index (χ1n) is 10.6. The molecule has 1 amide bonds. The second kappa shape index (κ2) is 9.83. The molecule has 0 bridgehead atoms. The van der Waals surface area contributed by atoms with Gasteiger partial charge in [-0.3, -0.25) is 4.79 Å². The molecule has 1 N–H and O–H groups in total. The van der Waals surface area contributed by atoms with Crippen LogP contribution in [0.5, 0.6) is 0 Å². The fourth-order valence-electron chi connectivity index (χ4n) is 3.52. The van der Waals surface area contributed by atoms with Crippen LogP contribution in [0.4, 0.5) is 17.5 Å². The van der Waals surface area contributed by atoms with E-state index in [4.69, 9.17) is 16.6 Å². The Morgan fingerprint density at radius 1 is 0.969 bits per heavy atom. The molecule has 0 spiro atoms. The van der Waals surface area contributed by atoms with E-state index in [1.54, 1.807) is 6.08 Å². The van der Waals surface area contributed by atoms with Crippen LogP contribution in [0.25, 0.3) is 6.08 Å². The zero-order chi connectivity index (χ0) is 22.5. The van der Waals surface area contributed by atoms with Crippen LogP contribution >= 0.6 is 11.6 Å². The minimum atomic E-state index is 0.00601. The molecule has 7 heteroatoms. The quantitative estimate of drug-likeness (QED) is 0.566. The second-order valence-electron chi connectivity index (χ2n) is 7.88. The number of carbonyl (C=O) groups excluding carboxylic acids is 1. The van der Waals surface area contributed by atoms with Gasteiger partial charge in [0.25, 0.3) is 0 Å². The molecule has 2 heterocycles. The Labute approximate surface area is 193 Å². The van der Waals surface area contributed by atoms with Gasteiger partial charge in [-0.05, 0) is 49.8 Å². The Hall–Kier alpha value is -3.38. The van der Waals surface area contributed by atoms with E-state index in [1.165, 1.54) is 5.56 Å². The molecule has 1 fully saturated rings. The highest BCUT2D eigenvalue weighted by Crippen LogP contribution is 2.20. The van der Waals surface area contributed by atoms with Crippen molar-refractivity contribution in [2.24, 2.45) is 0 Å². The van der Waals surface area contributed by atoms with Crippen molar-refractivity contribution in [1.82, 2.24) is 14.9 Å². The molecule has 0 atom stereocenters. The van der Waals surface area contributed by atoms with E-state index >= 15 is 0 Å². The van der Waals surface area contributed by atoms with E-state index in [0.717, 1.165) is 22.8 Å². The molecule has 1 saturated heterocycles. The predicted molar refractivity (Wildman–Crippen MR) is 131 cm³/mol. The minimum absolute atomic E-state index is 0.00601. The van der Waals surface area contributed by atoms with Gasteiger partial charge in [0.1, 0.15) is 5.82 Å². The van der Waals surface area contributed by atoms with Gasteiger partial charge in [-0.15, -0.1) is 0 Å². The zero-order valence-corrected chi connectivity index (χ0v) is 19.0. The van der Waals surface area contributed by atoms with Crippen LogP contribution in [0, 0.1) is 13.8 Å². The molecule has 0 radical (unpaired) electrons. The Morgan fingerprint density at radius 2 is 1.66 bits per heavy atom. The molecule has 4 rings (SSSR count). The molecular formula is C25H26ClN5O. The first-order chi connectivity index (χ1) is 15.5. The molecule has 1 aliphatic rings. The van der Waals surface area contributed by atoms with Crippen molar-refractivity contribution < 1.29 is 4.79 Å². The molecule has 3 aromatic rings. The number of nitrogens with zero attached hydrogens (tertiary/aromatic N) is 4. The molecule has 0 saturated carbocycles. The number of nitrogens with one attached hydrogen (secondary N) is 1. The van der Waals surface area contributed by atoms with E-state index in [9.17, 15) is 4.79 Å². The molecule has 0 aliphatic carbocycles. The van der Waals surface area contributed by atoms with Crippen LogP contribution in [0.2, 0.25) is 5.02 Å². The average molecular weight is 448 g/mol. The lowest BCUT2D eigenvalue weighted by Crippen LogP contribution is -2.48. The first-order valence-corrected chi connectivity index (χ1v) is 11.0. The maximum atomic E-state index is 12.6. The summed E-state index contributed by atoms with van der Waals surface area (Å²) in [5.74, 6) is 1.45. The van der Waals surface area contributed by atoms with Crippen LogP contribution < -0.4 is 10.2 Å². The maximum Gasteiger partial charge on any atom is 0.246 e. The monoisotopic (exact) mass is 447 g/mol. The van der Waals surface area contributed by atoms with Crippen molar-refractivity contribution in [3.8, 4) is 0 Å². The second-order valence-corrected chi connectivity index (χ2v) is 8.32. The summed E-state index contributed by atoms with van der Waals surface area (Å²) in [6.45, 7) is 6.66. The van der Waals surface area contributed by atoms with Crippen molar-refractivity contribution in [1.29, 1.82) is 0 Å². The lowest BCUT2D eigenvalue weighted by molar-refractivity contribution is -0.126. The largest absolute Gasteiger partial charge is 0.340 e. The third-order valence-corrected chi connectivity index (χ3v) is 5.58. The van der Waals surface area contributed by atoms with Gasteiger partial charge in [-0.1, -0.05) is 41.4 Å². The summed E-state index contributed by atoms with van der Waals surface area (Å²) < 4.78 is 0. The molecule has 1 aromatic heterocycles. The molecule has 6 nitrogen and oxygen atoms in total. The molecular weight excluding hydrogens is 422 g/mol. The van der Waals surface area contributed by atoms with E-state index in [1.807, 2.05) is 60.4 Å². The highest BCUT2D eigenvalue weighted by molar-refractivity contribution is 6.30. The molecule has 0 unspecified atom stereocenters. The Balaban J connectivity index is 1.37. The SMILES string of the molecule is Cc1ccc(Nc2cc(C)nc(N3CCN(C(=O)/C=C/c4ccc(Cl)cc4)CC3)n2)cc1. The zero-order valence-electron chi connectivity index (χ0n) is 18.3. The first kappa shape index (κ1) is 21.8. The number of amides is 1. The van der Waals surface area contributed by atoms with Crippen molar-refractivity contribution in [3.63, 3.8) is 0 Å². The number of aromatic nitrogens is 2. The lowest BCUT2D eigenvalue weighted by atomic mass is 10.2. The summed E-state index contributed by atoms with van der Waals surface area (Å²) in [4.78, 5) is 25.9. The van der Waals surface area contributed by atoms with Crippen LogP contribution in [-0.2, 0) is 4.79 Å². The molecule has 2 aromatic carbocycles. The van der Waals surface area contributed by atoms with Crippen LogP contribution in [0.15, 0.2) is 60.7 Å². The highest BCUT2D eigenvalue weighted by atomic mass is 35.5. The van der Waals surface area contributed by atoms with Crippen molar-refractivity contribution in [2.45, 2.75) is 13.8 Å². The summed E-state index contributed by atoms with van der Waals surface area (Å²) in [7, 11) is 0. The summed E-state index contributed by atoms with van der Waals surface area (Å²) >= 11 is 5.91. The number of halogens is 1. The smallest absolute Gasteiger partial charge is 0.246 e. The molecule has 1 aliphatic heterocycles. The summed E-state index contributed by atoms with van der Waals surface area (Å²) in [6.07, 6.45) is 3.43. The number of benzene rings is 2. The normalized spacial score (nSPS) is 14.1. The van der Waals surface area contributed by atoms with Crippen LogP contribution in [0.1, 0.15) is 16.8 Å². The summed E-state index contributed by atoms with van der Waals surface area (Å²) in [5, 5.41) is 4.04.